The van der Waals surface area contributed by atoms with Gasteiger partial charge in [0.25, 0.3) is 6.47 Å². The maximum absolute atomic E-state index is 11.9. The number of nitrogens with one attached hydrogen (secondary N) is 1. The average Bonchev–Trinajstić information content (AvgIpc) is 3.17. The van der Waals surface area contributed by atoms with Gasteiger partial charge in [-0.2, -0.15) is 0 Å². The Morgan fingerprint density at radius 1 is 1.23 bits per heavy atom. The molecule has 0 aliphatic heterocycles. The van der Waals surface area contributed by atoms with Crippen LogP contribution in [0.15, 0.2) is 48.8 Å². The standard InChI is InChI=1S/C19H22N4O3S.CH2O2/c1-14-6-4-9-17(22-14)19-18(15-7-5-8-16(12-15)26-3)21-13-23(19)10-11-27(24,25)20-2;2-1-3/h4-9,12-13,20H,10-11H2,1-3H3;1H,(H,2,3). The van der Waals surface area contributed by atoms with Crippen molar-refractivity contribution in [2.75, 3.05) is 19.9 Å². The second-order valence-electron chi connectivity index (χ2n) is 6.16. The summed E-state index contributed by atoms with van der Waals surface area (Å²) in [5, 5.41) is 6.89. The second kappa shape index (κ2) is 10.5. The van der Waals surface area contributed by atoms with E-state index in [1.54, 1.807) is 13.4 Å². The van der Waals surface area contributed by atoms with E-state index >= 15 is 0 Å². The van der Waals surface area contributed by atoms with Gasteiger partial charge in [-0.1, -0.05) is 18.2 Å². The minimum Gasteiger partial charge on any atom is -0.497 e. The van der Waals surface area contributed by atoms with Crippen LogP contribution in [0, 0.1) is 6.92 Å². The molecule has 0 aliphatic carbocycles. The quantitative estimate of drug-likeness (QED) is 0.549. The fourth-order valence-electron chi connectivity index (χ4n) is 2.80. The number of aryl methyl sites for hydroxylation is 2. The minimum absolute atomic E-state index is 0.0454. The number of methoxy groups -OCH3 is 1. The number of benzene rings is 1. The molecule has 160 valence electrons. The van der Waals surface area contributed by atoms with E-state index in [2.05, 4.69) is 14.7 Å². The predicted molar refractivity (Wildman–Crippen MR) is 114 cm³/mol. The largest absolute Gasteiger partial charge is 0.497 e. The molecule has 0 fully saturated rings. The highest BCUT2D eigenvalue weighted by atomic mass is 32.2. The molecule has 2 heterocycles. The van der Waals surface area contributed by atoms with Crippen LogP contribution in [0.3, 0.4) is 0 Å². The first-order chi connectivity index (χ1) is 14.3. The summed E-state index contributed by atoms with van der Waals surface area (Å²) in [4.78, 5) is 17.5. The first-order valence-electron chi connectivity index (χ1n) is 8.97. The van der Waals surface area contributed by atoms with Crippen molar-refractivity contribution < 1.29 is 23.1 Å². The summed E-state index contributed by atoms with van der Waals surface area (Å²) in [6.45, 7) is 1.94. The number of carboxylic acid groups (broad SMARTS) is 1. The molecule has 9 nitrogen and oxygen atoms in total. The molecule has 3 aromatic rings. The fraction of sp³-hybridized carbons (Fsp3) is 0.250. The van der Waals surface area contributed by atoms with E-state index in [1.807, 2.05) is 54.0 Å². The molecular weight excluding hydrogens is 408 g/mol. The monoisotopic (exact) mass is 432 g/mol. The molecule has 0 bridgehead atoms. The normalized spacial score (nSPS) is 10.8. The first-order valence-corrected chi connectivity index (χ1v) is 10.6. The molecule has 0 saturated carbocycles. The van der Waals surface area contributed by atoms with Gasteiger partial charge in [0, 0.05) is 17.8 Å². The highest BCUT2D eigenvalue weighted by Crippen LogP contribution is 2.32. The van der Waals surface area contributed by atoms with Crippen LogP contribution in [0.5, 0.6) is 5.75 Å². The van der Waals surface area contributed by atoms with Gasteiger partial charge in [-0.05, 0) is 38.2 Å². The van der Waals surface area contributed by atoms with Gasteiger partial charge < -0.3 is 14.4 Å². The van der Waals surface area contributed by atoms with Crippen LogP contribution in [-0.2, 0) is 21.4 Å². The fourth-order valence-corrected chi connectivity index (χ4v) is 3.44. The van der Waals surface area contributed by atoms with E-state index in [4.69, 9.17) is 14.6 Å². The van der Waals surface area contributed by atoms with E-state index in [9.17, 15) is 8.42 Å². The van der Waals surface area contributed by atoms with Gasteiger partial charge in [0.15, 0.2) is 0 Å². The van der Waals surface area contributed by atoms with Crippen molar-refractivity contribution in [1.82, 2.24) is 19.3 Å². The Morgan fingerprint density at radius 3 is 2.57 bits per heavy atom. The summed E-state index contributed by atoms with van der Waals surface area (Å²) in [5.74, 6) is 0.680. The lowest BCUT2D eigenvalue weighted by atomic mass is 10.1. The van der Waals surface area contributed by atoms with E-state index < -0.39 is 10.0 Å². The van der Waals surface area contributed by atoms with Crippen LogP contribution < -0.4 is 9.46 Å². The van der Waals surface area contributed by atoms with Gasteiger partial charge in [-0.3, -0.25) is 9.78 Å². The highest BCUT2D eigenvalue weighted by molar-refractivity contribution is 7.89. The zero-order valence-electron chi connectivity index (χ0n) is 16.9. The average molecular weight is 433 g/mol. The SMILES string of the molecule is CNS(=O)(=O)CCn1cnc(-c2cccc(OC)c2)c1-c1cccc(C)n1.O=CO. The maximum atomic E-state index is 11.9. The molecule has 3 rings (SSSR count). The minimum atomic E-state index is -3.33. The molecule has 0 atom stereocenters. The lowest BCUT2D eigenvalue weighted by Crippen LogP contribution is -2.24. The number of imidazole rings is 1. The van der Waals surface area contributed by atoms with Gasteiger partial charge in [-0.25, -0.2) is 18.1 Å². The zero-order valence-corrected chi connectivity index (χ0v) is 17.8. The first kappa shape index (κ1) is 23.0. The smallest absolute Gasteiger partial charge is 0.290 e. The number of carbonyl (C=O) groups is 1. The molecule has 30 heavy (non-hydrogen) atoms. The number of hydrogen-bond acceptors (Lipinski definition) is 6. The number of pyridine rings is 1. The predicted octanol–water partition coefficient (Wildman–Crippen LogP) is 2.18. The third kappa shape index (κ3) is 5.88. The maximum Gasteiger partial charge on any atom is 0.290 e. The summed E-state index contributed by atoms with van der Waals surface area (Å²) < 4.78 is 33.2. The Labute approximate surface area is 175 Å². The van der Waals surface area contributed by atoms with Crippen molar-refractivity contribution in [1.29, 1.82) is 0 Å². The number of hydrogen-bond donors (Lipinski definition) is 2. The third-order valence-corrected chi connectivity index (χ3v) is 5.57. The Morgan fingerprint density at radius 2 is 1.93 bits per heavy atom. The van der Waals surface area contributed by atoms with Crippen molar-refractivity contribution in [2.24, 2.45) is 0 Å². The molecule has 10 heteroatoms. The van der Waals surface area contributed by atoms with Gasteiger partial charge in [0.2, 0.25) is 10.0 Å². The lowest BCUT2D eigenvalue weighted by molar-refractivity contribution is -0.122. The number of rotatable bonds is 7. The van der Waals surface area contributed by atoms with Crippen LogP contribution in [0.4, 0.5) is 0 Å². The lowest BCUT2D eigenvalue weighted by Gasteiger charge is -2.11. The van der Waals surface area contributed by atoms with E-state index in [1.165, 1.54) is 7.05 Å². The number of ether oxygens (including phenoxy) is 1. The number of aromatic nitrogens is 3. The summed E-state index contributed by atoms with van der Waals surface area (Å²) in [5.41, 5.74) is 4.00. The molecule has 0 saturated heterocycles. The molecule has 0 unspecified atom stereocenters. The summed E-state index contributed by atoms with van der Waals surface area (Å²) >= 11 is 0. The topological polar surface area (TPSA) is 123 Å². The summed E-state index contributed by atoms with van der Waals surface area (Å²) in [7, 11) is -0.305. The molecule has 0 spiro atoms. The zero-order chi connectivity index (χ0) is 22.1. The second-order valence-corrected chi connectivity index (χ2v) is 8.21. The highest BCUT2D eigenvalue weighted by Gasteiger charge is 2.18. The molecular formula is C20H24N4O5S. The molecule has 2 N–H and O–H groups in total. The van der Waals surface area contributed by atoms with Gasteiger partial charge in [0.05, 0.1) is 36.3 Å². The molecule has 0 amide bonds. The Hall–Kier alpha value is -3.24. The number of nitrogens with zero attached hydrogens (tertiary/aromatic N) is 3. The van der Waals surface area contributed by atoms with Crippen LogP contribution in [0.1, 0.15) is 5.69 Å². The van der Waals surface area contributed by atoms with Crippen molar-refractivity contribution in [3.8, 4) is 28.4 Å². The van der Waals surface area contributed by atoms with Gasteiger partial charge in [0.1, 0.15) is 5.75 Å². The molecule has 2 aromatic heterocycles. The van der Waals surface area contributed by atoms with Crippen molar-refractivity contribution in [3.63, 3.8) is 0 Å². The Kier molecular flexibility index (Phi) is 8.07. The van der Waals surface area contributed by atoms with Crippen molar-refractivity contribution in [2.45, 2.75) is 13.5 Å². The molecule has 0 aliphatic rings. The van der Waals surface area contributed by atoms with Gasteiger partial charge >= 0.3 is 0 Å². The van der Waals surface area contributed by atoms with E-state index in [0.717, 1.165) is 34.1 Å². The van der Waals surface area contributed by atoms with Crippen molar-refractivity contribution in [3.05, 3.63) is 54.5 Å². The Balaban J connectivity index is 0.00000101. The van der Waals surface area contributed by atoms with Crippen LogP contribution in [-0.4, -0.2) is 54.4 Å². The number of sulfonamides is 1. The molecule has 0 radical (unpaired) electrons. The van der Waals surface area contributed by atoms with Crippen LogP contribution >= 0.6 is 0 Å². The van der Waals surface area contributed by atoms with Crippen LogP contribution in [0.25, 0.3) is 22.6 Å². The molecule has 1 aromatic carbocycles. The Bertz CT molecular complexity index is 1100. The summed E-state index contributed by atoms with van der Waals surface area (Å²) in [6, 6.07) is 13.3. The third-order valence-electron chi connectivity index (χ3n) is 4.22. The van der Waals surface area contributed by atoms with Crippen LogP contribution in [0.2, 0.25) is 0 Å². The summed E-state index contributed by atoms with van der Waals surface area (Å²) in [6.07, 6.45) is 1.65. The van der Waals surface area contributed by atoms with Crippen molar-refractivity contribution >= 4 is 16.5 Å². The van der Waals surface area contributed by atoms with E-state index in [-0.39, 0.29) is 18.8 Å². The van der Waals surface area contributed by atoms with Gasteiger partial charge in [-0.15, -0.1) is 0 Å². The van der Waals surface area contributed by atoms with E-state index in [0.29, 0.717) is 0 Å².